The minimum absolute atomic E-state index is 0.252. The smallest absolute Gasteiger partial charge is 0.341 e. The number of rotatable bonds is 8. The highest BCUT2D eigenvalue weighted by Gasteiger charge is 2.32. The summed E-state index contributed by atoms with van der Waals surface area (Å²) in [7, 11) is 0. The number of benzene rings is 1. The molecule has 40 heavy (non-hydrogen) atoms. The Hall–Kier alpha value is -3.30. The lowest BCUT2D eigenvalue weighted by molar-refractivity contribution is -0.124. The van der Waals surface area contributed by atoms with Crippen LogP contribution in [0.2, 0.25) is 0 Å². The van der Waals surface area contributed by atoms with E-state index in [1.165, 1.54) is 11.3 Å². The number of likely N-dealkylation sites (N-methyl/N-ethyl adjacent to an activating group) is 1. The van der Waals surface area contributed by atoms with Crippen LogP contribution in [0.15, 0.2) is 24.3 Å². The molecule has 0 spiro atoms. The molecule has 1 amide bonds. The summed E-state index contributed by atoms with van der Waals surface area (Å²) in [4.78, 5) is 48.4. The Morgan fingerprint density at radius 3 is 2.65 bits per heavy atom. The van der Waals surface area contributed by atoms with Gasteiger partial charge < -0.3 is 14.8 Å². The molecule has 0 saturated carbocycles. The number of fused-ring (bicyclic) bond motifs is 3. The number of nitrogens with one attached hydrogen (secondary N) is 1. The minimum Gasteiger partial charge on any atom is -0.462 e. The molecular weight excluding hydrogens is 526 g/mol. The van der Waals surface area contributed by atoms with E-state index in [0.717, 1.165) is 71.4 Å². The monoisotopic (exact) mass is 563 g/mol. The first-order chi connectivity index (χ1) is 19.3. The van der Waals surface area contributed by atoms with Crippen LogP contribution in [-0.2, 0) is 40.1 Å². The Bertz CT molecular complexity index is 1450. The third-order valence-corrected chi connectivity index (χ3v) is 9.09. The summed E-state index contributed by atoms with van der Waals surface area (Å²) in [5, 5.41) is 4.13. The molecule has 2 unspecified atom stereocenters. The summed E-state index contributed by atoms with van der Waals surface area (Å²) in [6, 6.07) is 7.57. The Balaban J connectivity index is 1.43. The fourth-order valence-electron chi connectivity index (χ4n) is 5.71. The maximum absolute atomic E-state index is 13.8. The number of hydrogen-bond acceptors (Lipinski definition) is 8. The van der Waals surface area contributed by atoms with Crippen LogP contribution in [0.25, 0.3) is 10.9 Å². The number of esters is 2. The van der Waals surface area contributed by atoms with E-state index in [4.69, 9.17) is 14.5 Å². The van der Waals surface area contributed by atoms with Crippen LogP contribution in [-0.4, -0.2) is 53.5 Å². The van der Waals surface area contributed by atoms with Crippen LogP contribution in [0.3, 0.4) is 0 Å². The fourth-order valence-corrected chi connectivity index (χ4v) is 7.11. The molecule has 9 heteroatoms. The Labute approximate surface area is 239 Å². The lowest BCUT2D eigenvalue weighted by atomic mass is 9.88. The van der Waals surface area contributed by atoms with E-state index in [1.807, 2.05) is 31.2 Å². The van der Waals surface area contributed by atoms with Crippen molar-refractivity contribution in [2.45, 2.75) is 72.4 Å². The first-order valence-corrected chi connectivity index (χ1v) is 15.1. The molecular formula is C31H37N3O5S. The number of thiophene rings is 1. The second kappa shape index (κ2) is 12.1. The number of nitrogens with zero attached hydrogens (tertiary/aromatic N) is 2. The topological polar surface area (TPSA) is 97.8 Å². The van der Waals surface area contributed by atoms with Crippen LogP contribution >= 0.6 is 11.3 Å². The second-order valence-electron chi connectivity index (χ2n) is 10.6. The predicted molar refractivity (Wildman–Crippen MR) is 156 cm³/mol. The number of para-hydroxylation sites is 1. The van der Waals surface area contributed by atoms with Crippen molar-refractivity contribution in [3.63, 3.8) is 0 Å². The first-order valence-electron chi connectivity index (χ1n) is 14.3. The van der Waals surface area contributed by atoms with Gasteiger partial charge in [-0.05, 0) is 56.7 Å². The molecule has 2 aliphatic rings. The van der Waals surface area contributed by atoms with Gasteiger partial charge in [-0.1, -0.05) is 39.0 Å². The van der Waals surface area contributed by atoms with Crippen molar-refractivity contribution >= 4 is 45.1 Å². The van der Waals surface area contributed by atoms with Crippen LogP contribution in [0.4, 0.5) is 5.00 Å². The lowest BCUT2D eigenvalue weighted by Crippen LogP contribution is -2.35. The van der Waals surface area contributed by atoms with Crippen LogP contribution in [0.1, 0.15) is 83.0 Å². The molecule has 0 fully saturated rings. The van der Waals surface area contributed by atoms with Crippen molar-refractivity contribution in [3.05, 3.63) is 57.1 Å². The SMILES string of the molecule is CCOC(=O)c1c(NC(=O)C(CC)OC(=O)c2c3c(nc4ccccc24)CCN(CC)C3)sc2c1CCC(C)C2. The molecule has 212 valence electrons. The third-order valence-electron chi connectivity index (χ3n) is 7.92. The predicted octanol–water partition coefficient (Wildman–Crippen LogP) is 5.55. The summed E-state index contributed by atoms with van der Waals surface area (Å²) >= 11 is 1.43. The van der Waals surface area contributed by atoms with Crippen LogP contribution in [0.5, 0.6) is 0 Å². The second-order valence-corrected chi connectivity index (χ2v) is 11.7. The number of aromatic nitrogens is 1. The molecule has 3 aromatic rings. The third kappa shape index (κ3) is 5.49. The standard InChI is InChI=1S/C31H37N3O5S/c1-5-24(28(35)33-29-27(30(36)38-7-3)20-13-12-18(4)16-25(20)40-29)39-31(37)26-19-10-8-9-11-22(19)32-23-14-15-34(6-2)17-21(23)26/h8-11,18,24H,5-7,12-17H2,1-4H3,(H,33,35). The normalized spacial score (nSPS) is 17.6. The molecule has 1 aromatic carbocycles. The highest BCUT2D eigenvalue weighted by Crippen LogP contribution is 2.40. The summed E-state index contributed by atoms with van der Waals surface area (Å²) in [5.74, 6) is -0.890. The average Bonchev–Trinajstić information content (AvgIpc) is 3.30. The van der Waals surface area contributed by atoms with Gasteiger partial charge >= 0.3 is 11.9 Å². The Morgan fingerprint density at radius 2 is 1.90 bits per heavy atom. The largest absolute Gasteiger partial charge is 0.462 e. The Morgan fingerprint density at radius 1 is 1.10 bits per heavy atom. The zero-order valence-electron chi connectivity index (χ0n) is 23.7. The maximum Gasteiger partial charge on any atom is 0.341 e. The molecule has 2 atom stereocenters. The van der Waals surface area contributed by atoms with Gasteiger partial charge in [0.1, 0.15) is 5.00 Å². The molecule has 0 radical (unpaired) electrons. The van der Waals surface area contributed by atoms with Gasteiger partial charge in [-0.3, -0.25) is 14.7 Å². The maximum atomic E-state index is 13.8. The first kappa shape index (κ1) is 28.2. The van der Waals surface area contributed by atoms with E-state index in [-0.39, 0.29) is 6.61 Å². The summed E-state index contributed by atoms with van der Waals surface area (Å²) in [6.07, 6.45) is 2.65. The van der Waals surface area contributed by atoms with E-state index >= 15 is 0 Å². The van der Waals surface area contributed by atoms with Gasteiger partial charge in [0.25, 0.3) is 5.91 Å². The molecule has 1 N–H and O–H groups in total. The highest BCUT2D eigenvalue weighted by molar-refractivity contribution is 7.17. The summed E-state index contributed by atoms with van der Waals surface area (Å²) < 4.78 is 11.3. The van der Waals surface area contributed by atoms with Gasteiger partial charge in [0.05, 0.1) is 23.3 Å². The summed E-state index contributed by atoms with van der Waals surface area (Å²) in [5.41, 5.74) is 4.42. The molecule has 5 rings (SSSR count). The molecule has 8 nitrogen and oxygen atoms in total. The molecule has 2 aromatic heterocycles. The van der Waals surface area contributed by atoms with Gasteiger partial charge in [-0.15, -0.1) is 11.3 Å². The van der Waals surface area contributed by atoms with Crippen LogP contribution in [0, 0.1) is 5.92 Å². The van der Waals surface area contributed by atoms with Crippen LogP contribution < -0.4 is 5.32 Å². The zero-order chi connectivity index (χ0) is 28.4. The zero-order valence-corrected chi connectivity index (χ0v) is 24.5. The van der Waals surface area contributed by atoms with Crippen molar-refractivity contribution in [1.82, 2.24) is 9.88 Å². The van der Waals surface area contributed by atoms with Gasteiger partial charge in [0, 0.05) is 41.0 Å². The van der Waals surface area contributed by atoms with E-state index in [1.54, 1.807) is 6.92 Å². The van der Waals surface area contributed by atoms with E-state index in [0.29, 0.717) is 35.0 Å². The summed E-state index contributed by atoms with van der Waals surface area (Å²) in [6.45, 7) is 10.5. The van der Waals surface area contributed by atoms with Crippen molar-refractivity contribution in [3.8, 4) is 0 Å². The number of amides is 1. The minimum atomic E-state index is -1.02. The van der Waals surface area contributed by atoms with Crippen molar-refractivity contribution < 1.29 is 23.9 Å². The molecule has 3 heterocycles. The molecule has 1 aliphatic heterocycles. The lowest BCUT2D eigenvalue weighted by Gasteiger charge is -2.29. The number of hydrogen-bond donors (Lipinski definition) is 1. The number of carbonyl (C=O) groups excluding carboxylic acids is 3. The van der Waals surface area contributed by atoms with Crippen molar-refractivity contribution in [2.24, 2.45) is 5.92 Å². The molecule has 0 bridgehead atoms. The quantitative estimate of drug-likeness (QED) is 0.359. The van der Waals surface area contributed by atoms with Gasteiger partial charge in [0.2, 0.25) is 0 Å². The number of ether oxygens (including phenoxy) is 2. The highest BCUT2D eigenvalue weighted by atomic mass is 32.1. The Kier molecular flexibility index (Phi) is 8.51. The van der Waals surface area contributed by atoms with Gasteiger partial charge in [-0.2, -0.15) is 0 Å². The van der Waals surface area contributed by atoms with E-state index < -0.39 is 23.9 Å². The fraction of sp³-hybridized carbons (Fsp3) is 0.484. The van der Waals surface area contributed by atoms with E-state index in [2.05, 4.69) is 24.1 Å². The molecule has 0 saturated heterocycles. The number of anilines is 1. The number of pyridine rings is 1. The number of carbonyl (C=O) groups is 3. The van der Waals surface area contributed by atoms with E-state index in [9.17, 15) is 14.4 Å². The average molecular weight is 564 g/mol. The van der Waals surface area contributed by atoms with Gasteiger partial charge in [0.15, 0.2) is 6.10 Å². The molecule has 1 aliphatic carbocycles. The van der Waals surface area contributed by atoms with Crippen molar-refractivity contribution in [1.29, 1.82) is 0 Å². The van der Waals surface area contributed by atoms with Crippen molar-refractivity contribution in [2.75, 3.05) is 25.0 Å². The van der Waals surface area contributed by atoms with Gasteiger partial charge in [-0.25, -0.2) is 9.59 Å².